The summed E-state index contributed by atoms with van der Waals surface area (Å²) in [6.07, 6.45) is 4.85. The molecular weight excluding hydrogens is 358 g/mol. The van der Waals surface area contributed by atoms with E-state index in [1.165, 1.54) is 24.4 Å². The number of carboxylic acid groups (broad SMARTS) is 1. The maximum atomic E-state index is 12.7. The maximum absolute atomic E-state index is 12.7. The number of pyridine rings is 1. The van der Waals surface area contributed by atoms with Crippen LogP contribution in [0.5, 0.6) is 0 Å². The molecule has 0 bridgehead atoms. The molecule has 1 fully saturated rings. The lowest BCUT2D eigenvalue weighted by atomic mass is 10.1. The highest BCUT2D eigenvalue weighted by atomic mass is 32.2. The van der Waals surface area contributed by atoms with Gasteiger partial charge in [0.15, 0.2) is 0 Å². The fourth-order valence-corrected chi connectivity index (χ4v) is 4.90. The number of fused-ring (bicyclic) bond motifs is 3. The largest absolute Gasteiger partial charge is 0.478 e. The third-order valence-corrected chi connectivity index (χ3v) is 6.35. The van der Waals surface area contributed by atoms with Crippen LogP contribution in [0.4, 0.5) is 0 Å². The number of nitrogens with one attached hydrogen (secondary N) is 3. The van der Waals surface area contributed by atoms with Gasteiger partial charge in [0.1, 0.15) is 5.52 Å². The van der Waals surface area contributed by atoms with Gasteiger partial charge in [-0.25, -0.2) is 17.9 Å². The lowest BCUT2D eigenvalue weighted by Crippen LogP contribution is -2.32. The number of aromatic nitrogens is 2. The molecule has 0 atom stereocenters. The number of aromatic carboxylic acids is 1. The lowest BCUT2D eigenvalue weighted by Gasteiger charge is -2.13. The number of carboxylic acids is 1. The van der Waals surface area contributed by atoms with E-state index in [9.17, 15) is 23.1 Å². The summed E-state index contributed by atoms with van der Waals surface area (Å²) in [7, 11) is -3.73. The topological polar surface area (TPSA) is 132 Å². The first-order valence-electron chi connectivity index (χ1n) is 8.29. The molecular formula is C17H17N3O5S. The van der Waals surface area contributed by atoms with Crippen molar-refractivity contribution in [2.75, 3.05) is 0 Å². The Morgan fingerprint density at radius 2 is 1.96 bits per heavy atom. The quantitative estimate of drug-likeness (QED) is 0.553. The molecule has 0 spiro atoms. The number of benzene rings is 1. The normalized spacial score (nSPS) is 15.8. The van der Waals surface area contributed by atoms with E-state index in [2.05, 4.69) is 14.7 Å². The predicted octanol–water partition coefficient (Wildman–Crippen LogP) is 1.93. The summed E-state index contributed by atoms with van der Waals surface area (Å²) >= 11 is 0. The number of hydrogen-bond donors (Lipinski definition) is 4. The first-order chi connectivity index (χ1) is 12.4. The summed E-state index contributed by atoms with van der Waals surface area (Å²) in [6.45, 7) is 0. The minimum absolute atomic E-state index is 0.0442. The van der Waals surface area contributed by atoms with Crippen molar-refractivity contribution in [2.45, 2.75) is 36.6 Å². The number of H-pyrrole nitrogens is 2. The zero-order valence-electron chi connectivity index (χ0n) is 13.7. The highest BCUT2D eigenvalue weighted by molar-refractivity contribution is 7.89. The van der Waals surface area contributed by atoms with Crippen LogP contribution in [0.25, 0.3) is 21.8 Å². The van der Waals surface area contributed by atoms with Gasteiger partial charge in [0.2, 0.25) is 10.0 Å². The number of sulfonamides is 1. The first-order valence-corrected chi connectivity index (χ1v) is 9.78. The summed E-state index contributed by atoms with van der Waals surface area (Å²) < 4.78 is 28.1. The van der Waals surface area contributed by atoms with Gasteiger partial charge in [0.05, 0.1) is 10.5 Å². The average Bonchev–Trinajstić information content (AvgIpc) is 3.23. The third kappa shape index (κ3) is 2.69. The molecule has 0 amide bonds. The van der Waals surface area contributed by atoms with Gasteiger partial charge in [-0.05, 0) is 31.0 Å². The summed E-state index contributed by atoms with van der Waals surface area (Å²) in [6, 6.07) is 4.23. The molecule has 2 heterocycles. The van der Waals surface area contributed by atoms with Crippen molar-refractivity contribution in [3.8, 4) is 0 Å². The van der Waals surface area contributed by atoms with E-state index in [0.717, 1.165) is 25.7 Å². The van der Waals surface area contributed by atoms with Crippen LogP contribution in [0.2, 0.25) is 0 Å². The van der Waals surface area contributed by atoms with Gasteiger partial charge in [-0.15, -0.1) is 0 Å². The molecule has 0 unspecified atom stereocenters. The van der Waals surface area contributed by atoms with E-state index in [4.69, 9.17) is 0 Å². The van der Waals surface area contributed by atoms with Gasteiger partial charge < -0.3 is 15.1 Å². The molecule has 9 heteroatoms. The molecule has 0 aliphatic heterocycles. The van der Waals surface area contributed by atoms with Crippen LogP contribution in [0.3, 0.4) is 0 Å². The van der Waals surface area contributed by atoms with Gasteiger partial charge in [-0.3, -0.25) is 4.79 Å². The zero-order valence-corrected chi connectivity index (χ0v) is 14.5. The maximum Gasteiger partial charge on any atom is 0.337 e. The fraction of sp³-hybridized carbons (Fsp3) is 0.294. The minimum Gasteiger partial charge on any atom is -0.478 e. The Bertz CT molecular complexity index is 1190. The van der Waals surface area contributed by atoms with Crippen molar-refractivity contribution in [3.05, 3.63) is 40.3 Å². The third-order valence-electron chi connectivity index (χ3n) is 4.83. The van der Waals surface area contributed by atoms with Crippen molar-refractivity contribution in [3.63, 3.8) is 0 Å². The van der Waals surface area contributed by atoms with Crippen molar-refractivity contribution < 1.29 is 18.3 Å². The second-order valence-corrected chi connectivity index (χ2v) is 8.24. The molecule has 26 heavy (non-hydrogen) atoms. The Kier molecular flexibility index (Phi) is 3.85. The van der Waals surface area contributed by atoms with Crippen molar-refractivity contribution in [1.82, 2.24) is 14.7 Å². The molecule has 4 N–H and O–H groups in total. The van der Waals surface area contributed by atoms with Gasteiger partial charge in [-0.1, -0.05) is 12.8 Å². The molecule has 3 aromatic rings. The zero-order chi connectivity index (χ0) is 18.5. The summed E-state index contributed by atoms with van der Waals surface area (Å²) in [5.41, 5.74) is -0.0493. The summed E-state index contributed by atoms with van der Waals surface area (Å²) in [5.74, 6) is -1.19. The highest BCUT2D eigenvalue weighted by Gasteiger charge is 2.24. The van der Waals surface area contributed by atoms with Gasteiger partial charge in [0, 0.05) is 28.5 Å². The Labute approximate surface area is 148 Å². The van der Waals surface area contributed by atoms with E-state index >= 15 is 0 Å². The second kappa shape index (κ2) is 5.96. The number of aromatic amines is 2. The number of rotatable bonds is 4. The van der Waals surface area contributed by atoms with Crippen molar-refractivity contribution in [1.29, 1.82) is 0 Å². The first kappa shape index (κ1) is 16.8. The SMILES string of the molecule is O=C(O)c1c[nH]c2c(=O)[nH]c3ccc(S(=O)(=O)NC4CCCC4)cc3c12. The highest BCUT2D eigenvalue weighted by Crippen LogP contribution is 2.27. The predicted molar refractivity (Wildman–Crippen MR) is 96.0 cm³/mol. The summed E-state index contributed by atoms with van der Waals surface area (Å²) in [5, 5.41) is 9.95. The van der Waals surface area contributed by atoms with E-state index in [1.807, 2.05) is 0 Å². The van der Waals surface area contributed by atoms with E-state index in [1.54, 1.807) is 0 Å². The Balaban J connectivity index is 1.92. The van der Waals surface area contributed by atoms with Crippen LogP contribution >= 0.6 is 0 Å². The second-order valence-electron chi connectivity index (χ2n) is 6.52. The van der Waals surface area contributed by atoms with Crippen LogP contribution in [0.1, 0.15) is 36.0 Å². The summed E-state index contributed by atoms with van der Waals surface area (Å²) in [4.78, 5) is 29.0. The van der Waals surface area contributed by atoms with Crippen molar-refractivity contribution >= 4 is 37.8 Å². The van der Waals surface area contributed by atoms with Crippen LogP contribution in [-0.4, -0.2) is 35.5 Å². The standard InChI is InChI=1S/C17H17N3O5S/c21-16-15-14(12(8-18-15)17(22)23)11-7-10(5-6-13(11)19-16)26(24,25)20-9-3-1-2-4-9/h5-9,18,20H,1-4H2,(H,19,21)(H,22,23). The van der Waals surface area contributed by atoms with Crippen LogP contribution in [-0.2, 0) is 10.0 Å². The average molecular weight is 375 g/mol. The molecule has 0 radical (unpaired) electrons. The fourth-order valence-electron chi connectivity index (χ4n) is 3.57. The molecule has 1 aliphatic rings. The molecule has 136 valence electrons. The molecule has 0 saturated heterocycles. The van der Waals surface area contributed by atoms with Gasteiger partial charge in [0.25, 0.3) is 5.56 Å². The van der Waals surface area contributed by atoms with Gasteiger partial charge in [-0.2, -0.15) is 0 Å². The Morgan fingerprint density at radius 1 is 1.23 bits per heavy atom. The lowest BCUT2D eigenvalue weighted by molar-refractivity contribution is 0.0699. The van der Waals surface area contributed by atoms with E-state index in [-0.39, 0.29) is 27.4 Å². The molecule has 1 aliphatic carbocycles. The molecule has 1 saturated carbocycles. The monoisotopic (exact) mass is 375 g/mol. The molecule has 8 nitrogen and oxygen atoms in total. The molecule has 2 aromatic heterocycles. The van der Waals surface area contributed by atoms with Crippen LogP contribution < -0.4 is 10.3 Å². The Hall–Kier alpha value is -2.65. The molecule has 4 rings (SSSR count). The van der Waals surface area contributed by atoms with E-state index in [0.29, 0.717) is 10.9 Å². The van der Waals surface area contributed by atoms with Gasteiger partial charge >= 0.3 is 5.97 Å². The smallest absolute Gasteiger partial charge is 0.337 e. The number of hydrogen-bond acceptors (Lipinski definition) is 4. The van der Waals surface area contributed by atoms with Crippen LogP contribution in [0.15, 0.2) is 34.1 Å². The van der Waals surface area contributed by atoms with Crippen LogP contribution in [0, 0.1) is 0 Å². The Morgan fingerprint density at radius 3 is 2.65 bits per heavy atom. The number of carbonyl (C=O) groups is 1. The van der Waals surface area contributed by atoms with E-state index < -0.39 is 21.6 Å². The minimum atomic E-state index is -3.73. The van der Waals surface area contributed by atoms with Crippen molar-refractivity contribution in [2.24, 2.45) is 0 Å². The molecule has 1 aromatic carbocycles.